The van der Waals surface area contributed by atoms with Gasteiger partial charge in [-0.05, 0) is 29.5 Å². The molecule has 0 radical (unpaired) electrons. The predicted molar refractivity (Wildman–Crippen MR) is 94.7 cm³/mol. The molecule has 3 rings (SSSR count). The van der Waals surface area contributed by atoms with Gasteiger partial charge in [-0.2, -0.15) is 0 Å². The van der Waals surface area contributed by atoms with Gasteiger partial charge in [-0.15, -0.1) is 0 Å². The van der Waals surface area contributed by atoms with Crippen molar-refractivity contribution in [2.45, 2.75) is 59.4 Å². The van der Waals surface area contributed by atoms with E-state index in [1.165, 1.54) is 11.1 Å². The maximum atomic E-state index is 11.6. The van der Waals surface area contributed by atoms with Crippen LogP contribution in [0.4, 0.5) is 0 Å². The number of carbonyl (C=O) groups excluding carboxylic acids is 3. The summed E-state index contributed by atoms with van der Waals surface area (Å²) in [5.41, 5.74) is 3.35. The summed E-state index contributed by atoms with van der Waals surface area (Å²) < 4.78 is 0. The number of hydrogen-bond donors (Lipinski definition) is 1. The van der Waals surface area contributed by atoms with Crippen molar-refractivity contribution < 1.29 is 14.4 Å². The first-order chi connectivity index (χ1) is 11.4. The monoisotopic (exact) mass is 332 g/mol. The van der Waals surface area contributed by atoms with Gasteiger partial charge in [0.1, 0.15) is 0 Å². The van der Waals surface area contributed by atoms with Crippen LogP contribution in [-0.4, -0.2) is 29.7 Å². The molecule has 1 N–H and O–H groups in total. The highest BCUT2D eigenvalue weighted by atomic mass is 16.2. The van der Waals surface area contributed by atoms with Gasteiger partial charge in [-0.1, -0.05) is 39.8 Å². The fraction of sp³-hybridized carbons (Fsp3) is 0.526. The fourth-order valence-corrected chi connectivity index (χ4v) is 2.54. The van der Waals surface area contributed by atoms with Crippen LogP contribution < -0.4 is 5.32 Å². The summed E-state index contributed by atoms with van der Waals surface area (Å²) in [7, 11) is 1.84. The quantitative estimate of drug-likeness (QED) is 0.803. The molecule has 1 saturated heterocycles. The third-order valence-corrected chi connectivity index (χ3v) is 3.87. The summed E-state index contributed by atoms with van der Waals surface area (Å²) in [6.45, 7) is 9.10. The normalized spacial score (nSPS) is 15.9. The second kappa shape index (κ2) is 9.21. The Morgan fingerprint density at radius 3 is 2.08 bits per heavy atom. The van der Waals surface area contributed by atoms with E-state index in [4.69, 9.17) is 0 Å². The number of fused-ring (bicyclic) bond motifs is 1. The molecule has 0 spiro atoms. The molecule has 0 unspecified atom stereocenters. The van der Waals surface area contributed by atoms with Crippen molar-refractivity contribution in [1.29, 1.82) is 0 Å². The Kier molecular flexibility index (Phi) is 7.62. The fourth-order valence-electron chi connectivity index (χ4n) is 2.54. The number of nitrogens with one attached hydrogen (secondary N) is 1. The maximum Gasteiger partial charge on any atom is 0.254 e. The maximum absolute atomic E-state index is 11.6. The van der Waals surface area contributed by atoms with Gasteiger partial charge in [0.2, 0.25) is 11.8 Å². The number of imide groups is 1. The molecule has 5 nitrogen and oxygen atoms in total. The first-order valence-corrected chi connectivity index (χ1v) is 8.59. The van der Waals surface area contributed by atoms with Crippen LogP contribution in [0.15, 0.2) is 18.2 Å². The minimum absolute atomic E-state index is 0.138. The average molecular weight is 332 g/mol. The van der Waals surface area contributed by atoms with Gasteiger partial charge in [0.05, 0.1) is 0 Å². The van der Waals surface area contributed by atoms with Crippen LogP contribution in [0.1, 0.15) is 74.4 Å². The lowest BCUT2D eigenvalue weighted by atomic mass is 9.98. The lowest BCUT2D eigenvalue weighted by molar-refractivity contribution is -0.132. The van der Waals surface area contributed by atoms with E-state index in [1.807, 2.05) is 27.0 Å². The van der Waals surface area contributed by atoms with Crippen LogP contribution in [0.3, 0.4) is 0 Å². The zero-order valence-corrected chi connectivity index (χ0v) is 15.3. The van der Waals surface area contributed by atoms with E-state index in [0.29, 0.717) is 25.2 Å². The highest BCUT2D eigenvalue weighted by Gasteiger charge is 2.24. The zero-order valence-electron chi connectivity index (χ0n) is 15.3. The molecular weight excluding hydrogens is 304 g/mol. The molecule has 5 heteroatoms. The number of amides is 3. The van der Waals surface area contributed by atoms with Crippen molar-refractivity contribution in [3.8, 4) is 0 Å². The van der Waals surface area contributed by atoms with Crippen LogP contribution in [0.2, 0.25) is 0 Å². The van der Waals surface area contributed by atoms with Crippen LogP contribution in [0.5, 0.6) is 0 Å². The second-order valence-corrected chi connectivity index (χ2v) is 6.06. The number of carbonyl (C=O) groups is 3. The SMILES string of the molecule is CC.CC(C)c1ccc2c(c1)CN(C)C2=O.O=C1CCCC(=O)N1. The largest absolute Gasteiger partial charge is 0.337 e. The standard InChI is InChI=1S/C12H15NO.C5H7NO2.C2H6/c1-8(2)9-4-5-11-10(6-9)7-13(3)12(11)14;7-4-2-1-3-5(8)6-4;1-2/h4-6,8H,7H2,1-3H3;1-3H2,(H,6,7,8);1-2H3. The van der Waals surface area contributed by atoms with Gasteiger partial charge in [0.25, 0.3) is 5.91 Å². The Bertz CT molecular complexity index is 595. The Morgan fingerprint density at radius 1 is 1.04 bits per heavy atom. The van der Waals surface area contributed by atoms with Crippen LogP contribution in [0, 0.1) is 0 Å². The number of nitrogens with zero attached hydrogens (tertiary/aromatic N) is 1. The van der Waals surface area contributed by atoms with E-state index in [-0.39, 0.29) is 17.7 Å². The summed E-state index contributed by atoms with van der Waals surface area (Å²) >= 11 is 0. The van der Waals surface area contributed by atoms with Gasteiger partial charge in [0.15, 0.2) is 0 Å². The Labute approximate surface area is 144 Å². The molecule has 0 aromatic heterocycles. The van der Waals surface area contributed by atoms with Crippen molar-refractivity contribution >= 4 is 17.7 Å². The summed E-state index contributed by atoms with van der Waals surface area (Å²) in [6.07, 6.45) is 1.72. The zero-order chi connectivity index (χ0) is 18.3. The lowest BCUT2D eigenvalue weighted by Crippen LogP contribution is -2.33. The molecular formula is C19H28N2O3. The van der Waals surface area contributed by atoms with E-state index < -0.39 is 0 Å². The molecule has 2 heterocycles. The first kappa shape index (κ1) is 19.9. The number of rotatable bonds is 1. The third-order valence-electron chi connectivity index (χ3n) is 3.87. The molecule has 3 amide bonds. The van der Waals surface area contributed by atoms with Crippen molar-refractivity contribution in [2.24, 2.45) is 0 Å². The number of benzene rings is 1. The van der Waals surface area contributed by atoms with Gasteiger partial charge in [-0.25, -0.2) is 0 Å². The number of piperidine rings is 1. The van der Waals surface area contributed by atoms with Gasteiger partial charge in [0, 0.05) is 32.0 Å². The topological polar surface area (TPSA) is 66.5 Å². The first-order valence-electron chi connectivity index (χ1n) is 8.59. The van der Waals surface area contributed by atoms with Crippen molar-refractivity contribution in [3.05, 3.63) is 34.9 Å². The van der Waals surface area contributed by atoms with Crippen LogP contribution in [0.25, 0.3) is 0 Å². The van der Waals surface area contributed by atoms with E-state index in [0.717, 1.165) is 12.1 Å². The third kappa shape index (κ3) is 5.18. The Hall–Kier alpha value is -2.17. The van der Waals surface area contributed by atoms with Crippen molar-refractivity contribution in [3.63, 3.8) is 0 Å². The summed E-state index contributed by atoms with van der Waals surface area (Å²) in [4.78, 5) is 34.0. The molecule has 2 aliphatic heterocycles. The smallest absolute Gasteiger partial charge is 0.254 e. The highest BCUT2D eigenvalue weighted by Crippen LogP contribution is 2.25. The molecule has 1 aromatic carbocycles. The minimum atomic E-state index is -0.138. The molecule has 0 bridgehead atoms. The molecule has 0 atom stereocenters. The molecule has 2 aliphatic rings. The van der Waals surface area contributed by atoms with Gasteiger partial charge in [-0.3, -0.25) is 19.7 Å². The van der Waals surface area contributed by atoms with E-state index >= 15 is 0 Å². The summed E-state index contributed by atoms with van der Waals surface area (Å²) in [6, 6.07) is 6.17. The predicted octanol–water partition coefficient (Wildman–Crippen LogP) is 3.23. The van der Waals surface area contributed by atoms with Crippen LogP contribution in [-0.2, 0) is 16.1 Å². The van der Waals surface area contributed by atoms with Crippen molar-refractivity contribution in [1.82, 2.24) is 10.2 Å². The van der Waals surface area contributed by atoms with E-state index in [9.17, 15) is 14.4 Å². The minimum Gasteiger partial charge on any atom is -0.337 e. The lowest BCUT2D eigenvalue weighted by Gasteiger charge is -2.07. The van der Waals surface area contributed by atoms with Crippen LogP contribution >= 0.6 is 0 Å². The molecule has 132 valence electrons. The number of hydrogen-bond acceptors (Lipinski definition) is 3. The molecule has 0 saturated carbocycles. The van der Waals surface area contributed by atoms with Gasteiger partial charge >= 0.3 is 0 Å². The van der Waals surface area contributed by atoms with Gasteiger partial charge < -0.3 is 4.90 Å². The Balaban J connectivity index is 0.000000245. The molecule has 0 aliphatic carbocycles. The van der Waals surface area contributed by atoms with E-state index in [1.54, 1.807) is 4.90 Å². The summed E-state index contributed by atoms with van der Waals surface area (Å²) in [5, 5.41) is 2.20. The molecule has 1 aromatic rings. The van der Waals surface area contributed by atoms with Crippen molar-refractivity contribution in [2.75, 3.05) is 7.05 Å². The second-order valence-electron chi connectivity index (χ2n) is 6.06. The highest BCUT2D eigenvalue weighted by molar-refractivity contribution is 5.98. The molecule has 24 heavy (non-hydrogen) atoms. The van der Waals surface area contributed by atoms with E-state index in [2.05, 4.69) is 31.3 Å². The average Bonchev–Trinajstić information content (AvgIpc) is 2.84. The summed E-state index contributed by atoms with van der Waals surface area (Å²) in [5.74, 6) is 0.402. The Morgan fingerprint density at radius 2 is 1.62 bits per heavy atom. The molecule has 1 fully saturated rings.